The van der Waals surface area contributed by atoms with Gasteiger partial charge in [-0.3, -0.25) is 4.79 Å². The predicted molar refractivity (Wildman–Crippen MR) is 123 cm³/mol. The van der Waals surface area contributed by atoms with Crippen LogP contribution >= 0.6 is 0 Å². The summed E-state index contributed by atoms with van der Waals surface area (Å²) in [4.78, 5) is 17.6. The molecule has 2 aromatic carbocycles. The second kappa shape index (κ2) is 7.47. The van der Waals surface area contributed by atoms with Gasteiger partial charge in [0.15, 0.2) is 11.4 Å². The maximum Gasteiger partial charge on any atom is 0.266 e. The molecule has 0 N–H and O–H groups in total. The first kappa shape index (κ1) is 20.2. The molecule has 0 saturated carbocycles. The summed E-state index contributed by atoms with van der Waals surface area (Å²) in [5.41, 5.74) is 6.40. The number of carbonyl (C=O) groups is 1. The van der Waals surface area contributed by atoms with E-state index in [-0.39, 0.29) is 16.9 Å². The Morgan fingerprint density at radius 3 is 2.27 bits per heavy atom. The molecule has 1 aliphatic rings. The van der Waals surface area contributed by atoms with Crippen molar-refractivity contribution in [3.63, 3.8) is 0 Å². The molecule has 2 aromatic heterocycles. The zero-order chi connectivity index (χ0) is 23.3. The van der Waals surface area contributed by atoms with Crippen LogP contribution in [0, 0.1) is 43.4 Å². The molecule has 0 aliphatic heterocycles. The molecule has 0 fully saturated rings. The van der Waals surface area contributed by atoms with Crippen LogP contribution < -0.4 is 0 Å². The molecule has 0 radical (unpaired) electrons. The molecule has 1 aliphatic carbocycles. The first-order valence-electron chi connectivity index (χ1n) is 10.3. The minimum Gasteiger partial charge on any atom is -0.436 e. The van der Waals surface area contributed by atoms with Gasteiger partial charge in [0.1, 0.15) is 23.5 Å². The second-order valence-corrected chi connectivity index (χ2v) is 8.02. The van der Waals surface area contributed by atoms with Crippen LogP contribution in [0.5, 0.6) is 0 Å². The largest absolute Gasteiger partial charge is 0.436 e. The number of ketones is 1. The van der Waals surface area contributed by atoms with Crippen molar-refractivity contribution in [1.29, 1.82) is 10.5 Å². The van der Waals surface area contributed by atoms with Crippen LogP contribution in [0.4, 0.5) is 0 Å². The van der Waals surface area contributed by atoms with E-state index in [1.807, 2.05) is 32.9 Å². The summed E-state index contributed by atoms with van der Waals surface area (Å²) in [6, 6.07) is 16.5. The predicted octanol–water partition coefficient (Wildman–Crippen LogP) is 6.09. The number of oxazole rings is 1. The van der Waals surface area contributed by atoms with E-state index in [9.17, 15) is 15.3 Å². The number of allylic oxidation sites excluding steroid dienone is 3. The summed E-state index contributed by atoms with van der Waals surface area (Å²) < 4.78 is 11.8. The van der Waals surface area contributed by atoms with Crippen molar-refractivity contribution in [3.8, 4) is 23.6 Å². The lowest BCUT2D eigenvalue weighted by Crippen LogP contribution is -1.95. The number of rotatable bonds is 2. The molecule has 6 heteroatoms. The molecule has 33 heavy (non-hydrogen) atoms. The highest BCUT2D eigenvalue weighted by molar-refractivity contribution is 6.29. The molecule has 0 amide bonds. The fourth-order valence-electron chi connectivity index (χ4n) is 4.44. The first-order valence-corrected chi connectivity index (χ1v) is 10.3. The fourth-order valence-corrected chi connectivity index (χ4v) is 4.44. The van der Waals surface area contributed by atoms with Crippen molar-refractivity contribution < 1.29 is 13.6 Å². The number of nitriles is 2. The van der Waals surface area contributed by atoms with E-state index in [2.05, 4.69) is 17.1 Å². The van der Waals surface area contributed by atoms with Crippen LogP contribution in [-0.4, -0.2) is 10.8 Å². The molecule has 2 heterocycles. The smallest absolute Gasteiger partial charge is 0.266 e. The van der Waals surface area contributed by atoms with Gasteiger partial charge in [0.05, 0.1) is 0 Å². The number of nitrogens with zero attached hydrogens (tertiary/aromatic N) is 3. The summed E-state index contributed by atoms with van der Waals surface area (Å²) in [5, 5.41) is 18.9. The SMILES string of the molecule is Cc1cc(C)c(-c2nc3oc(/C=C4\C(=O)c5ccccc5C4=C(C#N)C#N)cc3o2)c(C)c1. The van der Waals surface area contributed by atoms with Crippen molar-refractivity contribution in [2.75, 3.05) is 0 Å². The Labute approximate surface area is 189 Å². The third-order valence-corrected chi connectivity index (χ3v) is 5.71. The third kappa shape index (κ3) is 3.17. The summed E-state index contributed by atoms with van der Waals surface area (Å²) in [6.07, 6.45) is 1.53. The van der Waals surface area contributed by atoms with Gasteiger partial charge < -0.3 is 8.83 Å². The van der Waals surface area contributed by atoms with Gasteiger partial charge in [0.25, 0.3) is 5.71 Å². The fraction of sp³-hybridized carbons (Fsp3) is 0.111. The van der Waals surface area contributed by atoms with Gasteiger partial charge in [-0.15, -0.1) is 0 Å². The van der Waals surface area contributed by atoms with Crippen LogP contribution in [0.2, 0.25) is 0 Å². The molecular formula is C27H17N3O3. The monoisotopic (exact) mass is 431 g/mol. The van der Waals surface area contributed by atoms with Crippen LogP contribution in [0.3, 0.4) is 0 Å². The van der Waals surface area contributed by atoms with E-state index in [1.54, 1.807) is 30.3 Å². The summed E-state index contributed by atoms with van der Waals surface area (Å²) in [6.45, 7) is 6.06. The van der Waals surface area contributed by atoms with Crippen molar-refractivity contribution in [1.82, 2.24) is 4.98 Å². The molecule has 5 rings (SSSR count). The lowest BCUT2D eigenvalue weighted by Gasteiger charge is -2.07. The number of furan rings is 1. The van der Waals surface area contributed by atoms with Crippen LogP contribution in [0.25, 0.3) is 34.4 Å². The third-order valence-electron chi connectivity index (χ3n) is 5.71. The van der Waals surface area contributed by atoms with Crippen molar-refractivity contribution in [3.05, 3.63) is 87.2 Å². The van der Waals surface area contributed by atoms with Gasteiger partial charge >= 0.3 is 0 Å². The highest BCUT2D eigenvalue weighted by Gasteiger charge is 2.32. The summed E-state index contributed by atoms with van der Waals surface area (Å²) >= 11 is 0. The Balaban J connectivity index is 1.61. The number of aryl methyl sites for hydroxylation is 3. The van der Waals surface area contributed by atoms with Gasteiger partial charge in [-0.25, -0.2) is 0 Å². The molecule has 0 bridgehead atoms. The molecule has 0 spiro atoms. The molecule has 158 valence electrons. The average molecular weight is 431 g/mol. The number of hydrogen-bond acceptors (Lipinski definition) is 6. The molecule has 6 nitrogen and oxygen atoms in total. The van der Waals surface area contributed by atoms with Crippen LogP contribution in [-0.2, 0) is 0 Å². The standard InChI is InChI=1S/C27H17N3O3/c1-14-8-15(2)23(16(3)9-14)27-30-26-22(33-27)11-18(32-26)10-21-24(17(12-28)13-29)19-6-4-5-7-20(19)25(21)31/h4-11H,1-3H3/b21-10-. The van der Waals surface area contributed by atoms with E-state index in [4.69, 9.17) is 8.83 Å². The Kier molecular flexibility index (Phi) is 4.58. The zero-order valence-corrected chi connectivity index (χ0v) is 18.2. The Morgan fingerprint density at radius 1 is 0.970 bits per heavy atom. The summed E-state index contributed by atoms with van der Waals surface area (Å²) in [7, 11) is 0. The maximum atomic E-state index is 13.0. The Bertz CT molecular complexity index is 1560. The molecule has 0 saturated heterocycles. The minimum absolute atomic E-state index is 0.125. The van der Waals surface area contributed by atoms with E-state index >= 15 is 0 Å². The number of aromatic nitrogens is 1. The lowest BCUT2D eigenvalue weighted by molar-refractivity contribution is 0.104. The lowest BCUT2D eigenvalue weighted by atomic mass is 9.99. The zero-order valence-electron chi connectivity index (χ0n) is 18.2. The Hall–Kier alpha value is -4.68. The maximum absolute atomic E-state index is 13.0. The molecule has 0 atom stereocenters. The van der Waals surface area contributed by atoms with Crippen molar-refractivity contribution >= 4 is 28.7 Å². The number of carbonyl (C=O) groups excluding carboxylic acids is 1. The van der Waals surface area contributed by atoms with Gasteiger partial charge in [-0.1, -0.05) is 42.0 Å². The number of hydrogen-bond donors (Lipinski definition) is 0. The first-order chi connectivity index (χ1) is 15.9. The number of Topliss-reactive ketones (excluding diaryl/α,β-unsaturated/α-hetero) is 1. The quantitative estimate of drug-likeness (QED) is 0.281. The van der Waals surface area contributed by atoms with Crippen LogP contribution in [0.1, 0.15) is 38.4 Å². The summed E-state index contributed by atoms with van der Waals surface area (Å²) in [5.74, 6) is 0.555. The topological polar surface area (TPSA) is 104 Å². The Morgan fingerprint density at radius 2 is 1.64 bits per heavy atom. The van der Waals surface area contributed by atoms with Gasteiger partial charge in [-0.05, 0) is 43.5 Å². The van der Waals surface area contributed by atoms with Gasteiger partial charge in [-0.2, -0.15) is 15.5 Å². The normalized spacial score (nSPS) is 13.9. The highest BCUT2D eigenvalue weighted by atomic mass is 16.4. The molecule has 4 aromatic rings. The van der Waals surface area contributed by atoms with E-state index < -0.39 is 0 Å². The van der Waals surface area contributed by atoms with Crippen LogP contribution in [0.15, 0.2) is 62.4 Å². The second-order valence-electron chi connectivity index (χ2n) is 8.02. The number of fused-ring (bicyclic) bond motifs is 2. The average Bonchev–Trinajstić information content (AvgIpc) is 3.41. The highest BCUT2D eigenvalue weighted by Crippen LogP contribution is 2.40. The van der Waals surface area contributed by atoms with Gasteiger partial charge in [0, 0.05) is 28.3 Å². The van der Waals surface area contributed by atoms with E-state index in [0.717, 1.165) is 22.3 Å². The number of benzene rings is 2. The van der Waals surface area contributed by atoms with Gasteiger partial charge in [0.2, 0.25) is 5.89 Å². The van der Waals surface area contributed by atoms with Crippen molar-refractivity contribution in [2.24, 2.45) is 0 Å². The minimum atomic E-state index is -0.267. The molecule has 0 unspecified atom stereocenters. The van der Waals surface area contributed by atoms with Crippen molar-refractivity contribution in [2.45, 2.75) is 20.8 Å². The van der Waals surface area contributed by atoms with E-state index in [0.29, 0.717) is 39.6 Å². The van der Waals surface area contributed by atoms with E-state index in [1.165, 1.54) is 6.08 Å². The molecular weight excluding hydrogens is 414 g/mol.